The van der Waals surface area contributed by atoms with Crippen LogP contribution in [0.25, 0.3) is 22.3 Å². The Morgan fingerprint density at radius 2 is 1.48 bits per heavy atom. The monoisotopic (exact) mass is 538 g/mol. The second kappa shape index (κ2) is 14.0. The molecule has 1 aliphatic carbocycles. The quantitative estimate of drug-likeness (QED) is 0.222. The molecule has 0 fully saturated rings. The minimum Gasteiger partial charge on any atom is -1.00 e. The molecule has 0 saturated carbocycles. The Balaban J connectivity index is 0.000000252. The summed E-state index contributed by atoms with van der Waals surface area (Å²) in [5, 5.41) is 0. The fraction of sp³-hybridized carbons (Fsp3) is 0.148. The summed E-state index contributed by atoms with van der Waals surface area (Å²) in [7, 11) is 0. The van der Waals surface area contributed by atoms with Gasteiger partial charge in [-0.1, -0.05) is 58.7 Å². The van der Waals surface area contributed by atoms with E-state index in [2.05, 4.69) is 111 Å². The third-order valence-corrected chi connectivity index (χ3v) is 4.63. The molecule has 0 aromatic heterocycles. The van der Waals surface area contributed by atoms with Crippen LogP contribution < -0.4 is 24.8 Å². The summed E-state index contributed by atoms with van der Waals surface area (Å²) in [6.07, 6.45) is 1.05. The van der Waals surface area contributed by atoms with Gasteiger partial charge in [0.05, 0.1) is 0 Å². The van der Waals surface area contributed by atoms with Crippen LogP contribution in [0.2, 0.25) is 13.1 Å². The van der Waals surface area contributed by atoms with Crippen molar-refractivity contribution in [3.63, 3.8) is 0 Å². The van der Waals surface area contributed by atoms with Crippen LogP contribution in [-0.2, 0) is 29.8 Å². The minimum atomic E-state index is 0. The van der Waals surface area contributed by atoms with E-state index in [4.69, 9.17) is 0 Å². The molecule has 4 aromatic carbocycles. The third kappa shape index (κ3) is 8.28. The van der Waals surface area contributed by atoms with Crippen molar-refractivity contribution in [1.82, 2.24) is 0 Å². The molecule has 0 radical (unpaired) electrons. The maximum atomic E-state index is 3.30. The number of benzene rings is 3. The van der Waals surface area contributed by atoms with Crippen LogP contribution >= 0.6 is 0 Å². The molecule has 0 unspecified atom stereocenters. The molecule has 0 atom stereocenters. The van der Waals surface area contributed by atoms with Crippen LogP contribution in [0.5, 0.6) is 0 Å². The number of halogens is 2. The van der Waals surface area contributed by atoms with Crippen LogP contribution in [0.4, 0.5) is 0 Å². The summed E-state index contributed by atoms with van der Waals surface area (Å²) in [6.45, 7) is 6.73. The molecule has 0 saturated heterocycles. The molecule has 4 aromatic rings. The molecule has 0 amide bonds. The van der Waals surface area contributed by atoms with Crippen LogP contribution in [0, 0.1) is 13.0 Å². The molecule has 4 heteroatoms. The molecule has 0 heterocycles. The van der Waals surface area contributed by atoms with E-state index in [1.54, 1.807) is 23.3 Å². The van der Waals surface area contributed by atoms with Gasteiger partial charge in [-0.25, -0.2) is 0 Å². The molecular formula is C27H26Cl2SiZr-2. The van der Waals surface area contributed by atoms with Crippen LogP contribution in [-0.4, -0.2) is 5.43 Å². The molecule has 0 aliphatic heterocycles. The minimum absolute atomic E-state index is 0. The Kier molecular flexibility index (Phi) is 12.5. The zero-order chi connectivity index (χ0) is 20.6. The first-order chi connectivity index (χ1) is 14.0. The fourth-order valence-electron chi connectivity index (χ4n) is 3.39. The molecule has 5 rings (SSSR count). The predicted octanol–water partition coefficient (Wildman–Crippen LogP) is 1.23. The summed E-state index contributed by atoms with van der Waals surface area (Å²) in [5.74, 6) is 0. The number of hydrogen-bond donors (Lipinski definition) is 0. The van der Waals surface area contributed by atoms with Gasteiger partial charge in [-0.05, 0) is 13.3 Å². The van der Waals surface area contributed by atoms with Crippen molar-refractivity contribution in [3.05, 3.63) is 114 Å². The molecule has 0 bridgehead atoms. The van der Waals surface area contributed by atoms with Crippen molar-refractivity contribution in [2.75, 3.05) is 0 Å². The molecule has 1 aliphatic rings. The van der Waals surface area contributed by atoms with Gasteiger partial charge in [0, 0.05) is 0 Å². The first-order valence-electron chi connectivity index (χ1n) is 9.93. The summed E-state index contributed by atoms with van der Waals surface area (Å²) in [6, 6.07) is 35.1. The molecule has 0 nitrogen and oxygen atoms in total. The van der Waals surface area contributed by atoms with Gasteiger partial charge in [0.1, 0.15) is 0 Å². The van der Waals surface area contributed by atoms with Crippen molar-refractivity contribution < 1.29 is 48.1 Å². The second-order valence-corrected chi connectivity index (χ2v) is 16.8. The van der Waals surface area contributed by atoms with E-state index in [9.17, 15) is 0 Å². The standard InChI is InChI=1S/C13H9.C12H11.C2H6Si.2ClH.Zr/c1-3-7-12-10(5-1)9-11-6-2-4-8-13(11)12;1-10-5-4-8-12(9-10)11-6-2-3-7-11;1-3-2;;;/h1-5,7-8H,9H2;2-9H,1H3;1-2H3;2*1H;/q2*-1;;;;+2/p-2. The van der Waals surface area contributed by atoms with E-state index >= 15 is 0 Å². The normalized spacial score (nSPS) is 9.97. The van der Waals surface area contributed by atoms with Gasteiger partial charge in [0.25, 0.3) is 0 Å². The van der Waals surface area contributed by atoms with Crippen LogP contribution in [0.15, 0.2) is 91.0 Å². The SMILES string of the molecule is C[Si](C)=[Zr+2].Cc1cccc(-[c-]2cccc2)c1.[Cl-].[Cl-].[c-]1cccc2c1Cc1ccccc1-2. The molecule has 0 N–H and O–H groups in total. The van der Waals surface area contributed by atoms with Gasteiger partial charge in [-0.2, -0.15) is 42.0 Å². The smallest absolute Gasteiger partial charge is 0.0253 e. The van der Waals surface area contributed by atoms with E-state index in [0.717, 1.165) is 6.42 Å². The Morgan fingerprint density at radius 3 is 2.16 bits per heavy atom. The van der Waals surface area contributed by atoms with Crippen molar-refractivity contribution in [1.29, 1.82) is 0 Å². The Hall–Kier alpha value is -1.31. The Bertz CT molecular complexity index is 1040. The maximum Gasteiger partial charge on any atom is -0.0253 e. The largest absolute Gasteiger partial charge is 1.00 e. The van der Waals surface area contributed by atoms with E-state index in [1.807, 2.05) is 6.07 Å². The number of fused-ring (bicyclic) bond motifs is 3. The number of hydrogen-bond acceptors (Lipinski definition) is 0. The van der Waals surface area contributed by atoms with E-state index < -0.39 is 0 Å². The first-order valence-corrected chi connectivity index (χ1v) is 16.1. The third-order valence-electron chi connectivity index (χ3n) is 4.63. The fourth-order valence-corrected chi connectivity index (χ4v) is 3.39. The van der Waals surface area contributed by atoms with Gasteiger partial charge in [0.15, 0.2) is 0 Å². The zero-order valence-corrected chi connectivity index (χ0v) is 23.1. The molecule has 31 heavy (non-hydrogen) atoms. The van der Waals surface area contributed by atoms with Gasteiger partial charge < -0.3 is 24.8 Å². The van der Waals surface area contributed by atoms with E-state index in [0.29, 0.717) is 0 Å². The summed E-state index contributed by atoms with van der Waals surface area (Å²) in [5.41, 5.74) is 9.64. The molecule has 0 spiro atoms. The van der Waals surface area contributed by atoms with Crippen molar-refractivity contribution >= 4 is 5.43 Å². The molecule has 158 valence electrons. The summed E-state index contributed by atoms with van der Waals surface area (Å²) < 4.78 is 0. The Labute approximate surface area is 214 Å². The van der Waals surface area contributed by atoms with Crippen molar-refractivity contribution in [2.24, 2.45) is 0 Å². The van der Waals surface area contributed by atoms with Gasteiger partial charge in [-0.15, -0.1) is 35.4 Å². The number of rotatable bonds is 1. The van der Waals surface area contributed by atoms with Crippen molar-refractivity contribution in [3.8, 4) is 22.3 Å². The summed E-state index contributed by atoms with van der Waals surface area (Å²) in [4.78, 5) is 0. The average Bonchev–Trinajstić information content (AvgIpc) is 3.36. The predicted molar refractivity (Wildman–Crippen MR) is 123 cm³/mol. The average molecular weight is 541 g/mol. The van der Waals surface area contributed by atoms with Gasteiger partial charge in [0.2, 0.25) is 0 Å². The second-order valence-electron chi connectivity index (χ2n) is 7.44. The zero-order valence-electron chi connectivity index (χ0n) is 18.1. The first kappa shape index (κ1) is 27.7. The topological polar surface area (TPSA) is 0 Å². The van der Waals surface area contributed by atoms with E-state index in [1.165, 1.54) is 38.9 Å². The van der Waals surface area contributed by atoms with Gasteiger partial charge >= 0.3 is 41.9 Å². The molecular weight excluding hydrogens is 515 g/mol. The summed E-state index contributed by atoms with van der Waals surface area (Å²) >= 11 is 1.74. The van der Waals surface area contributed by atoms with Crippen molar-refractivity contribution in [2.45, 2.75) is 26.4 Å². The van der Waals surface area contributed by atoms with Crippen LogP contribution in [0.1, 0.15) is 16.7 Å². The Morgan fingerprint density at radius 1 is 0.839 bits per heavy atom. The van der Waals surface area contributed by atoms with Crippen LogP contribution in [0.3, 0.4) is 0 Å². The van der Waals surface area contributed by atoms with E-state index in [-0.39, 0.29) is 30.2 Å². The van der Waals surface area contributed by atoms with Gasteiger partial charge in [-0.3, -0.25) is 0 Å². The number of aryl methyl sites for hydroxylation is 1. The maximum absolute atomic E-state index is 3.30.